The number of halogens is 1. The van der Waals surface area contributed by atoms with Crippen LogP contribution in [-0.4, -0.2) is 30.7 Å². The molecular weight excluding hydrogens is 316 g/mol. The van der Waals surface area contributed by atoms with Crippen LogP contribution in [0.5, 0.6) is 0 Å². The first-order chi connectivity index (χ1) is 8.78. The third-order valence-electron chi connectivity index (χ3n) is 1.88. The second kappa shape index (κ2) is 6.60. The minimum absolute atomic E-state index is 0.212. The molecule has 0 radical (unpaired) electrons. The standard InChI is InChI=1S/C12H17BrN2O4/c1-12(2,3)19-11(17)15-7-6-14-10(16)8-4-5-9(13)18-8/h4-5H,6-7H2,1-3H3,(H,14,16)(H,15,17). The molecule has 6 nitrogen and oxygen atoms in total. The first-order valence-corrected chi connectivity index (χ1v) is 6.57. The Morgan fingerprint density at radius 2 is 1.89 bits per heavy atom. The van der Waals surface area contributed by atoms with Crippen LogP contribution in [0.15, 0.2) is 21.2 Å². The topological polar surface area (TPSA) is 80.6 Å². The van der Waals surface area contributed by atoms with Crippen molar-refractivity contribution < 1.29 is 18.7 Å². The molecule has 0 saturated heterocycles. The van der Waals surface area contributed by atoms with Crippen LogP contribution in [0.3, 0.4) is 0 Å². The van der Waals surface area contributed by atoms with Gasteiger partial charge >= 0.3 is 6.09 Å². The molecule has 2 N–H and O–H groups in total. The zero-order chi connectivity index (χ0) is 14.5. The maximum Gasteiger partial charge on any atom is 0.407 e. The van der Waals surface area contributed by atoms with Crippen molar-refractivity contribution in [3.8, 4) is 0 Å². The highest BCUT2D eigenvalue weighted by Gasteiger charge is 2.15. The number of ether oxygens (including phenoxy) is 1. The van der Waals surface area contributed by atoms with Crippen molar-refractivity contribution in [2.75, 3.05) is 13.1 Å². The Balaban J connectivity index is 2.21. The SMILES string of the molecule is CC(C)(C)OC(=O)NCCNC(=O)c1ccc(Br)o1. The Hall–Kier alpha value is -1.50. The summed E-state index contributed by atoms with van der Waals surface area (Å²) in [5, 5.41) is 5.14. The number of nitrogens with one attached hydrogen (secondary N) is 2. The van der Waals surface area contributed by atoms with E-state index < -0.39 is 11.7 Å². The molecule has 0 aliphatic carbocycles. The number of rotatable bonds is 4. The molecule has 0 unspecified atom stereocenters. The van der Waals surface area contributed by atoms with Crippen LogP contribution in [0.4, 0.5) is 4.79 Å². The summed E-state index contributed by atoms with van der Waals surface area (Å²) in [5.74, 6) is -0.124. The summed E-state index contributed by atoms with van der Waals surface area (Å²) in [5.41, 5.74) is -0.534. The van der Waals surface area contributed by atoms with Crippen LogP contribution in [0, 0.1) is 0 Å². The molecular formula is C12H17BrN2O4. The molecule has 0 fully saturated rings. The molecule has 0 aromatic carbocycles. The van der Waals surface area contributed by atoms with Crippen molar-refractivity contribution in [2.24, 2.45) is 0 Å². The van der Waals surface area contributed by atoms with Gasteiger partial charge in [0.2, 0.25) is 0 Å². The van der Waals surface area contributed by atoms with Gasteiger partial charge < -0.3 is 19.8 Å². The van der Waals surface area contributed by atoms with E-state index in [-0.39, 0.29) is 24.8 Å². The largest absolute Gasteiger partial charge is 0.444 e. The van der Waals surface area contributed by atoms with Crippen molar-refractivity contribution >= 4 is 27.9 Å². The van der Waals surface area contributed by atoms with Gasteiger partial charge in [0.25, 0.3) is 5.91 Å². The lowest BCUT2D eigenvalue weighted by Gasteiger charge is -2.19. The van der Waals surface area contributed by atoms with Gasteiger partial charge in [-0.1, -0.05) is 0 Å². The Morgan fingerprint density at radius 3 is 2.42 bits per heavy atom. The molecule has 1 rings (SSSR count). The van der Waals surface area contributed by atoms with Gasteiger partial charge in [0.05, 0.1) is 0 Å². The molecule has 0 saturated carbocycles. The summed E-state index contributed by atoms with van der Waals surface area (Å²) in [6.45, 7) is 5.91. The van der Waals surface area contributed by atoms with E-state index in [0.29, 0.717) is 4.67 Å². The molecule has 0 spiro atoms. The molecule has 1 aromatic rings. The first-order valence-electron chi connectivity index (χ1n) is 5.78. The number of amides is 2. The lowest BCUT2D eigenvalue weighted by molar-refractivity contribution is 0.0526. The molecule has 7 heteroatoms. The van der Waals surface area contributed by atoms with Crippen LogP contribution < -0.4 is 10.6 Å². The van der Waals surface area contributed by atoms with E-state index in [2.05, 4.69) is 26.6 Å². The quantitative estimate of drug-likeness (QED) is 0.829. The second-order valence-electron chi connectivity index (χ2n) is 4.79. The molecule has 0 atom stereocenters. The van der Waals surface area contributed by atoms with Crippen molar-refractivity contribution in [1.29, 1.82) is 0 Å². The maximum atomic E-state index is 11.6. The minimum Gasteiger partial charge on any atom is -0.444 e. The number of alkyl carbamates (subject to hydrolysis) is 1. The van der Waals surface area contributed by atoms with E-state index in [4.69, 9.17) is 9.15 Å². The Bertz CT molecular complexity index is 451. The average molecular weight is 333 g/mol. The van der Waals surface area contributed by atoms with Crippen LogP contribution in [0.1, 0.15) is 31.3 Å². The Kier molecular flexibility index (Phi) is 5.41. The van der Waals surface area contributed by atoms with Crippen molar-refractivity contribution in [1.82, 2.24) is 10.6 Å². The summed E-state index contributed by atoms with van der Waals surface area (Å²) >= 11 is 3.11. The van der Waals surface area contributed by atoms with Crippen molar-refractivity contribution in [2.45, 2.75) is 26.4 Å². The van der Waals surface area contributed by atoms with Gasteiger partial charge in [-0.15, -0.1) is 0 Å². The first kappa shape index (κ1) is 15.6. The number of furan rings is 1. The molecule has 19 heavy (non-hydrogen) atoms. The van der Waals surface area contributed by atoms with Gasteiger partial charge in [-0.2, -0.15) is 0 Å². The fraction of sp³-hybridized carbons (Fsp3) is 0.500. The monoisotopic (exact) mass is 332 g/mol. The zero-order valence-corrected chi connectivity index (χ0v) is 12.7. The van der Waals surface area contributed by atoms with E-state index in [1.54, 1.807) is 32.9 Å². The van der Waals surface area contributed by atoms with E-state index in [1.165, 1.54) is 0 Å². The van der Waals surface area contributed by atoms with E-state index in [0.717, 1.165) is 0 Å². The Morgan fingerprint density at radius 1 is 1.26 bits per heavy atom. The second-order valence-corrected chi connectivity index (χ2v) is 5.57. The highest BCUT2D eigenvalue weighted by molar-refractivity contribution is 9.10. The fourth-order valence-corrected chi connectivity index (χ4v) is 1.48. The van der Waals surface area contributed by atoms with Crippen LogP contribution in [-0.2, 0) is 4.74 Å². The van der Waals surface area contributed by atoms with Crippen LogP contribution in [0.25, 0.3) is 0 Å². The van der Waals surface area contributed by atoms with Gasteiger partial charge in [-0.05, 0) is 48.8 Å². The van der Waals surface area contributed by atoms with Gasteiger partial charge in [-0.3, -0.25) is 4.79 Å². The summed E-state index contributed by atoms with van der Waals surface area (Å²) in [6.07, 6.45) is -0.512. The van der Waals surface area contributed by atoms with Gasteiger partial charge in [0, 0.05) is 13.1 Å². The van der Waals surface area contributed by atoms with Gasteiger partial charge in [0.1, 0.15) is 5.60 Å². The normalized spacial score (nSPS) is 10.9. The predicted octanol–water partition coefficient (Wildman–Crippen LogP) is 2.30. The summed E-state index contributed by atoms with van der Waals surface area (Å²) in [7, 11) is 0. The molecule has 1 aromatic heterocycles. The van der Waals surface area contributed by atoms with Crippen LogP contribution in [0.2, 0.25) is 0 Å². The molecule has 0 bridgehead atoms. The third kappa shape index (κ3) is 6.28. The number of hydrogen-bond donors (Lipinski definition) is 2. The molecule has 0 aliphatic rings. The molecule has 2 amide bonds. The fourth-order valence-electron chi connectivity index (χ4n) is 1.18. The number of carbonyl (C=O) groups excluding carboxylic acids is 2. The van der Waals surface area contributed by atoms with Crippen LogP contribution >= 0.6 is 15.9 Å². The van der Waals surface area contributed by atoms with Crippen molar-refractivity contribution in [3.63, 3.8) is 0 Å². The third-order valence-corrected chi connectivity index (χ3v) is 2.30. The molecule has 1 heterocycles. The Labute approximate surface area is 120 Å². The highest BCUT2D eigenvalue weighted by atomic mass is 79.9. The lowest BCUT2D eigenvalue weighted by atomic mass is 10.2. The van der Waals surface area contributed by atoms with E-state index >= 15 is 0 Å². The lowest BCUT2D eigenvalue weighted by Crippen LogP contribution is -2.37. The van der Waals surface area contributed by atoms with E-state index in [9.17, 15) is 9.59 Å². The average Bonchev–Trinajstić information content (AvgIpc) is 2.68. The van der Waals surface area contributed by atoms with E-state index in [1.807, 2.05) is 0 Å². The van der Waals surface area contributed by atoms with Gasteiger partial charge in [-0.25, -0.2) is 4.79 Å². The highest BCUT2D eigenvalue weighted by Crippen LogP contribution is 2.13. The predicted molar refractivity (Wildman–Crippen MR) is 73.0 cm³/mol. The zero-order valence-electron chi connectivity index (χ0n) is 11.1. The number of carbonyl (C=O) groups is 2. The maximum absolute atomic E-state index is 11.6. The summed E-state index contributed by atoms with van der Waals surface area (Å²) in [4.78, 5) is 22.9. The van der Waals surface area contributed by atoms with Gasteiger partial charge in [0.15, 0.2) is 10.4 Å². The summed E-state index contributed by atoms with van der Waals surface area (Å²) < 4.78 is 10.6. The minimum atomic E-state index is -0.534. The summed E-state index contributed by atoms with van der Waals surface area (Å²) in [6, 6.07) is 3.19. The molecule has 0 aliphatic heterocycles. The van der Waals surface area contributed by atoms with Crippen molar-refractivity contribution in [3.05, 3.63) is 22.6 Å². The number of hydrogen-bond acceptors (Lipinski definition) is 4. The molecule has 106 valence electrons. The smallest absolute Gasteiger partial charge is 0.407 e.